The maximum absolute atomic E-state index is 5.02. The summed E-state index contributed by atoms with van der Waals surface area (Å²) in [4.78, 5) is 4.45. The van der Waals surface area contributed by atoms with Gasteiger partial charge in [0.2, 0.25) is 0 Å². The van der Waals surface area contributed by atoms with Crippen molar-refractivity contribution in [2.75, 3.05) is 25.6 Å². The van der Waals surface area contributed by atoms with E-state index in [0.717, 1.165) is 29.3 Å². The van der Waals surface area contributed by atoms with E-state index in [9.17, 15) is 0 Å². The van der Waals surface area contributed by atoms with Gasteiger partial charge in [-0.05, 0) is 13.8 Å². The Morgan fingerprint density at radius 3 is 3.00 bits per heavy atom. The minimum absolute atomic E-state index is 0.670. The van der Waals surface area contributed by atoms with Crippen molar-refractivity contribution in [2.24, 2.45) is 0 Å². The molecule has 0 aliphatic rings. The molecule has 5 heteroatoms. The van der Waals surface area contributed by atoms with E-state index in [1.54, 1.807) is 13.3 Å². The summed E-state index contributed by atoms with van der Waals surface area (Å²) in [7, 11) is 1.69. The van der Waals surface area contributed by atoms with Crippen molar-refractivity contribution >= 4 is 11.5 Å². The lowest BCUT2D eigenvalue weighted by Crippen LogP contribution is -2.13. The summed E-state index contributed by atoms with van der Waals surface area (Å²) in [5, 5.41) is 7.57. The van der Waals surface area contributed by atoms with Gasteiger partial charge in [-0.3, -0.25) is 0 Å². The molecule has 0 saturated carbocycles. The lowest BCUT2D eigenvalue weighted by molar-refractivity contribution is 0.210. The fourth-order valence-electron chi connectivity index (χ4n) is 1.62. The number of fused-ring (bicyclic) bond motifs is 1. The first kappa shape index (κ1) is 10.9. The van der Waals surface area contributed by atoms with Gasteiger partial charge in [-0.1, -0.05) is 0 Å². The molecule has 86 valence electrons. The van der Waals surface area contributed by atoms with Gasteiger partial charge in [0.1, 0.15) is 5.82 Å². The van der Waals surface area contributed by atoms with Crippen molar-refractivity contribution in [1.29, 1.82) is 0 Å². The van der Waals surface area contributed by atoms with Gasteiger partial charge >= 0.3 is 0 Å². The summed E-state index contributed by atoms with van der Waals surface area (Å²) < 4.78 is 6.84. The van der Waals surface area contributed by atoms with Crippen molar-refractivity contribution in [3.63, 3.8) is 0 Å². The highest BCUT2D eigenvalue weighted by Gasteiger charge is 2.08. The zero-order valence-corrected chi connectivity index (χ0v) is 9.82. The van der Waals surface area contributed by atoms with E-state index in [4.69, 9.17) is 4.74 Å². The Bertz CT molecular complexity index is 492. The van der Waals surface area contributed by atoms with Crippen LogP contribution < -0.4 is 5.32 Å². The van der Waals surface area contributed by atoms with Crippen LogP contribution in [0, 0.1) is 13.8 Å². The molecule has 0 spiro atoms. The third kappa shape index (κ3) is 1.86. The monoisotopic (exact) mass is 220 g/mol. The van der Waals surface area contributed by atoms with Crippen LogP contribution in [0.15, 0.2) is 12.3 Å². The smallest absolute Gasteiger partial charge is 0.157 e. The molecular formula is C11H16N4O. The Balaban J connectivity index is 2.39. The van der Waals surface area contributed by atoms with Crippen LogP contribution in [0.25, 0.3) is 5.65 Å². The van der Waals surface area contributed by atoms with E-state index in [1.165, 1.54) is 0 Å². The minimum Gasteiger partial charge on any atom is -0.383 e. The Hall–Kier alpha value is -1.62. The summed E-state index contributed by atoms with van der Waals surface area (Å²) >= 11 is 0. The van der Waals surface area contributed by atoms with E-state index in [1.807, 2.05) is 24.4 Å². The van der Waals surface area contributed by atoms with E-state index in [2.05, 4.69) is 15.4 Å². The molecular weight excluding hydrogens is 204 g/mol. The molecule has 1 N–H and O–H groups in total. The van der Waals surface area contributed by atoms with Crippen LogP contribution >= 0.6 is 0 Å². The molecule has 5 nitrogen and oxygen atoms in total. The third-order valence-electron chi connectivity index (χ3n) is 2.61. The number of anilines is 1. The molecule has 0 fully saturated rings. The van der Waals surface area contributed by atoms with Crippen LogP contribution in [-0.2, 0) is 4.74 Å². The summed E-state index contributed by atoms with van der Waals surface area (Å²) in [6.07, 6.45) is 1.75. The molecule has 0 amide bonds. The predicted molar refractivity (Wildman–Crippen MR) is 62.8 cm³/mol. The number of rotatable bonds is 4. The van der Waals surface area contributed by atoms with Gasteiger partial charge in [-0.15, -0.1) is 0 Å². The van der Waals surface area contributed by atoms with Crippen LogP contribution in [0.2, 0.25) is 0 Å². The van der Waals surface area contributed by atoms with E-state index < -0.39 is 0 Å². The first-order chi connectivity index (χ1) is 7.74. The summed E-state index contributed by atoms with van der Waals surface area (Å²) in [5.41, 5.74) is 3.00. The lowest BCUT2D eigenvalue weighted by Gasteiger charge is -2.12. The number of aromatic nitrogens is 3. The Labute approximate surface area is 94.4 Å². The Morgan fingerprint density at radius 2 is 2.25 bits per heavy atom. The maximum atomic E-state index is 5.02. The molecule has 2 aromatic heterocycles. The van der Waals surface area contributed by atoms with Crippen molar-refractivity contribution in [3.05, 3.63) is 23.5 Å². The number of nitrogens with one attached hydrogen (secondary N) is 1. The molecule has 2 rings (SSSR count). The normalized spacial score (nSPS) is 10.9. The SMILES string of the molecule is COCCNc1c(C)c(C)nc2ccnn12. The largest absolute Gasteiger partial charge is 0.383 e. The number of hydrogen-bond acceptors (Lipinski definition) is 4. The van der Waals surface area contributed by atoms with E-state index in [0.29, 0.717) is 6.61 Å². The number of hydrogen-bond donors (Lipinski definition) is 1. The maximum Gasteiger partial charge on any atom is 0.157 e. The van der Waals surface area contributed by atoms with Crippen LogP contribution in [0.4, 0.5) is 5.82 Å². The van der Waals surface area contributed by atoms with Crippen LogP contribution in [0.3, 0.4) is 0 Å². The zero-order valence-electron chi connectivity index (χ0n) is 9.82. The van der Waals surface area contributed by atoms with Crippen LogP contribution in [0.5, 0.6) is 0 Å². The van der Waals surface area contributed by atoms with Crippen LogP contribution in [-0.4, -0.2) is 34.9 Å². The Kier molecular flexibility index (Phi) is 3.05. The predicted octanol–water partition coefficient (Wildman–Crippen LogP) is 1.40. The van der Waals surface area contributed by atoms with Gasteiger partial charge in [0.05, 0.1) is 12.8 Å². The fraction of sp³-hybridized carbons (Fsp3) is 0.455. The van der Waals surface area contributed by atoms with Crippen molar-refractivity contribution in [1.82, 2.24) is 14.6 Å². The van der Waals surface area contributed by atoms with Crippen molar-refractivity contribution in [3.8, 4) is 0 Å². The van der Waals surface area contributed by atoms with Crippen molar-refractivity contribution in [2.45, 2.75) is 13.8 Å². The van der Waals surface area contributed by atoms with Crippen LogP contribution in [0.1, 0.15) is 11.3 Å². The summed E-state index contributed by atoms with van der Waals surface area (Å²) in [5.74, 6) is 0.990. The van der Waals surface area contributed by atoms with Gasteiger partial charge in [0.25, 0.3) is 0 Å². The summed E-state index contributed by atoms with van der Waals surface area (Å²) in [6, 6.07) is 1.90. The standard InChI is InChI=1S/C11H16N4O/c1-8-9(2)14-10-4-5-13-15(10)11(8)12-6-7-16-3/h4-5,12H,6-7H2,1-3H3. The molecule has 0 saturated heterocycles. The zero-order chi connectivity index (χ0) is 11.5. The molecule has 16 heavy (non-hydrogen) atoms. The third-order valence-corrected chi connectivity index (χ3v) is 2.61. The van der Waals surface area contributed by atoms with E-state index in [-0.39, 0.29) is 0 Å². The molecule has 0 atom stereocenters. The fourth-order valence-corrected chi connectivity index (χ4v) is 1.62. The minimum atomic E-state index is 0.670. The topological polar surface area (TPSA) is 51.5 Å². The number of ether oxygens (including phenoxy) is 1. The van der Waals surface area contributed by atoms with Crippen molar-refractivity contribution < 1.29 is 4.74 Å². The molecule has 0 aliphatic heterocycles. The second-order valence-corrected chi connectivity index (χ2v) is 3.69. The molecule has 2 aromatic rings. The highest BCUT2D eigenvalue weighted by atomic mass is 16.5. The summed E-state index contributed by atoms with van der Waals surface area (Å²) in [6.45, 7) is 5.47. The quantitative estimate of drug-likeness (QED) is 0.791. The van der Waals surface area contributed by atoms with Gasteiger partial charge in [0.15, 0.2) is 5.65 Å². The highest BCUT2D eigenvalue weighted by Crippen LogP contribution is 2.18. The van der Waals surface area contributed by atoms with Gasteiger partial charge < -0.3 is 10.1 Å². The molecule has 0 radical (unpaired) electrons. The first-order valence-electron chi connectivity index (χ1n) is 5.28. The average Bonchev–Trinajstić information content (AvgIpc) is 2.71. The second-order valence-electron chi connectivity index (χ2n) is 3.69. The van der Waals surface area contributed by atoms with E-state index >= 15 is 0 Å². The van der Waals surface area contributed by atoms with Gasteiger partial charge in [-0.25, -0.2) is 4.98 Å². The molecule has 0 aliphatic carbocycles. The number of nitrogens with zero attached hydrogens (tertiary/aromatic N) is 3. The number of aryl methyl sites for hydroxylation is 1. The molecule has 0 aromatic carbocycles. The highest BCUT2D eigenvalue weighted by molar-refractivity contribution is 5.54. The Morgan fingerprint density at radius 1 is 1.44 bits per heavy atom. The lowest BCUT2D eigenvalue weighted by atomic mass is 10.2. The number of methoxy groups -OCH3 is 1. The molecule has 0 bridgehead atoms. The molecule has 2 heterocycles. The van der Waals surface area contributed by atoms with Gasteiger partial charge in [-0.2, -0.15) is 9.61 Å². The average molecular weight is 220 g/mol. The first-order valence-corrected chi connectivity index (χ1v) is 5.28. The second kappa shape index (κ2) is 4.49. The molecule has 0 unspecified atom stereocenters. The van der Waals surface area contributed by atoms with Gasteiger partial charge in [0, 0.05) is 31.0 Å².